The van der Waals surface area contributed by atoms with E-state index in [1.54, 1.807) is 12.1 Å². The molecule has 1 saturated carbocycles. The summed E-state index contributed by atoms with van der Waals surface area (Å²) in [5.74, 6) is -0.402. The minimum Gasteiger partial charge on any atom is -0.534 e. The molecule has 2 aliphatic rings. The fraction of sp³-hybridized carbons (Fsp3) is 0.556. The first kappa shape index (κ1) is 17.8. The van der Waals surface area contributed by atoms with Crippen LogP contribution in [-0.4, -0.2) is 35.1 Å². The van der Waals surface area contributed by atoms with E-state index >= 15 is 0 Å². The van der Waals surface area contributed by atoms with Gasteiger partial charge < -0.3 is 20.1 Å². The maximum absolute atomic E-state index is 12.3. The molecule has 0 bridgehead atoms. The van der Waals surface area contributed by atoms with Crippen LogP contribution in [0.1, 0.15) is 54.9 Å². The van der Waals surface area contributed by atoms with Crippen LogP contribution >= 0.6 is 0 Å². The molecule has 1 aliphatic carbocycles. The number of amides is 1. The first-order valence-electron chi connectivity index (χ1n) is 8.93. The highest BCUT2D eigenvalue weighted by molar-refractivity contribution is 6.47. The zero-order valence-corrected chi connectivity index (χ0v) is 14.4. The number of para-hydroxylation sites is 1. The summed E-state index contributed by atoms with van der Waals surface area (Å²) >= 11 is 0. The monoisotopic (exact) mass is 345 g/mol. The minimum atomic E-state index is -1.25. The van der Waals surface area contributed by atoms with Gasteiger partial charge in [0.15, 0.2) is 0 Å². The molecule has 1 atom stereocenters. The lowest BCUT2D eigenvalue weighted by Crippen LogP contribution is -2.53. The van der Waals surface area contributed by atoms with Gasteiger partial charge >= 0.3 is 13.1 Å². The van der Waals surface area contributed by atoms with Crippen molar-refractivity contribution in [1.82, 2.24) is 5.32 Å². The summed E-state index contributed by atoms with van der Waals surface area (Å²) in [5, 5.41) is 22.2. The second kappa shape index (κ2) is 7.48. The smallest absolute Gasteiger partial charge is 0.534 e. The molecule has 3 rings (SSSR count). The molecule has 1 heterocycles. The van der Waals surface area contributed by atoms with Crippen molar-refractivity contribution in [2.75, 3.05) is 0 Å². The average Bonchev–Trinajstić information content (AvgIpc) is 2.57. The molecule has 7 heteroatoms. The van der Waals surface area contributed by atoms with Crippen molar-refractivity contribution < 1.29 is 24.4 Å². The van der Waals surface area contributed by atoms with Gasteiger partial charge in [-0.25, -0.2) is 4.79 Å². The Hall–Kier alpha value is -2.02. The van der Waals surface area contributed by atoms with E-state index in [0.717, 1.165) is 18.8 Å². The quantitative estimate of drug-likeness (QED) is 0.726. The Morgan fingerprint density at radius 1 is 1.28 bits per heavy atom. The van der Waals surface area contributed by atoms with Crippen LogP contribution in [0.2, 0.25) is 0 Å². The Morgan fingerprint density at radius 3 is 2.68 bits per heavy atom. The molecule has 1 aromatic carbocycles. The van der Waals surface area contributed by atoms with Gasteiger partial charge in [-0.3, -0.25) is 4.79 Å². The Labute approximate surface area is 147 Å². The van der Waals surface area contributed by atoms with Gasteiger partial charge in [-0.1, -0.05) is 31.9 Å². The third-order valence-corrected chi connectivity index (χ3v) is 5.31. The van der Waals surface area contributed by atoms with Gasteiger partial charge in [0.25, 0.3) is 0 Å². The largest absolute Gasteiger partial charge is 0.547 e. The van der Waals surface area contributed by atoms with E-state index in [1.807, 2.05) is 0 Å². The second-order valence-electron chi connectivity index (χ2n) is 7.32. The van der Waals surface area contributed by atoms with Crippen LogP contribution in [0.15, 0.2) is 18.2 Å². The Kier molecular flexibility index (Phi) is 5.32. The predicted molar refractivity (Wildman–Crippen MR) is 93.4 cm³/mol. The van der Waals surface area contributed by atoms with E-state index in [1.165, 1.54) is 18.9 Å². The number of carbonyl (C=O) groups is 2. The number of rotatable bonds is 4. The van der Waals surface area contributed by atoms with Crippen molar-refractivity contribution in [2.24, 2.45) is 11.8 Å². The zero-order valence-electron chi connectivity index (χ0n) is 14.4. The third-order valence-electron chi connectivity index (χ3n) is 5.31. The highest BCUT2D eigenvalue weighted by Crippen LogP contribution is 2.32. The molecule has 6 nitrogen and oxygen atoms in total. The fourth-order valence-electron chi connectivity index (χ4n) is 3.78. The van der Waals surface area contributed by atoms with Crippen LogP contribution in [0.3, 0.4) is 0 Å². The van der Waals surface area contributed by atoms with E-state index in [4.69, 9.17) is 4.65 Å². The molecule has 3 N–H and O–H groups in total. The van der Waals surface area contributed by atoms with Crippen LogP contribution in [0, 0.1) is 11.8 Å². The third kappa shape index (κ3) is 4.15. The summed E-state index contributed by atoms with van der Waals surface area (Å²) in [4.78, 5) is 23.6. The fourth-order valence-corrected chi connectivity index (χ4v) is 3.78. The zero-order chi connectivity index (χ0) is 18.0. The number of hydrogen-bond acceptors (Lipinski definition) is 4. The van der Waals surface area contributed by atoms with Gasteiger partial charge in [0, 0.05) is 6.42 Å². The van der Waals surface area contributed by atoms with Crippen molar-refractivity contribution in [3.63, 3.8) is 0 Å². The van der Waals surface area contributed by atoms with E-state index in [0.29, 0.717) is 24.3 Å². The number of nitrogens with one attached hydrogen (secondary N) is 1. The van der Waals surface area contributed by atoms with E-state index in [-0.39, 0.29) is 17.2 Å². The maximum Gasteiger partial charge on any atom is 0.547 e. The molecule has 1 fully saturated rings. The molecular formula is C18H24BNO5. The van der Waals surface area contributed by atoms with Gasteiger partial charge in [-0.05, 0) is 42.7 Å². The van der Waals surface area contributed by atoms with Crippen LogP contribution in [0.25, 0.3) is 0 Å². The molecule has 25 heavy (non-hydrogen) atoms. The lowest BCUT2D eigenvalue weighted by atomic mass is 9.72. The van der Waals surface area contributed by atoms with E-state index in [2.05, 4.69) is 12.2 Å². The van der Waals surface area contributed by atoms with Gasteiger partial charge in [0.05, 0.1) is 11.5 Å². The lowest BCUT2D eigenvalue weighted by molar-refractivity contribution is -0.122. The number of benzene rings is 1. The van der Waals surface area contributed by atoms with Crippen LogP contribution in [0.4, 0.5) is 0 Å². The first-order chi connectivity index (χ1) is 11.9. The standard InChI is InChI=1S/C18H24BNO5/c1-11-5-7-12(8-6-11)9-16(21)20-15-10-13-3-2-4-14(18(22)23)17(13)25-19(15)24/h2-4,11-12,15,24H,5-10H2,1H3,(H,20,21)(H,22,23)/t11?,12?,15-/m0/s1. The molecule has 0 spiro atoms. The molecule has 1 aromatic rings. The Morgan fingerprint density at radius 2 is 2.00 bits per heavy atom. The molecule has 1 aliphatic heterocycles. The minimum absolute atomic E-state index is 0.0256. The average molecular weight is 345 g/mol. The van der Waals surface area contributed by atoms with Gasteiger partial charge in [0.1, 0.15) is 5.75 Å². The number of aromatic carboxylic acids is 1. The lowest BCUT2D eigenvalue weighted by Gasteiger charge is -2.30. The topological polar surface area (TPSA) is 95.9 Å². The van der Waals surface area contributed by atoms with Gasteiger partial charge in [-0.15, -0.1) is 0 Å². The molecular weight excluding hydrogens is 321 g/mol. The molecule has 134 valence electrons. The summed E-state index contributed by atoms with van der Waals surface area (Å²) in [6, 6.07) is 4.84. The first-order valence-corrected chi connectivity index (χ1v) is 8.93. The number of hydrogen-bond donors (Lipinski definition) is 3. The number of carbonyl (C=O) groups excluding carboxylic acids is 1. The van der Waals surface area contributed by atoms with Crippen LogP contribution in [0.5, 0.6) is 5.75 Å². The molecule has 0 unspecified atom stereocenters. The summed E-state index contributed by atoms with van der Waals surface area (Å²) in [5.41, 5.74) is 0.708. The summed E-state index contributed by atoms with van der Waals surface area (Å²) in [6.45, 7) is 2.24. The second-order valence-corrected chi connectivity index (χ2v) is 7.32. The summed E-state index contributed by atoms with van der Waals surface area (Å²) in [7, 11) is -1.25. The van der Waals surface area contributed by atoms with Crippen molar-refractivity contribution >= 4 is 19.0 Å². The Balaban J connectivity index is 1.61. The molecule has 1 amide bonds. The Bertz CT molecular complexity index is 657. The van der Waals surface area contributed by atoms with Crippen molar-refractivity contribution in [3.8, 4) is 5.75 Å². The number of carboxylic acid groups (broad SMARTS) is 1. The highest BCUT2D eigenvalue weighted by atomic mass is 16.5. The molecule has 0 aromatic heterocycles. The van der Waals surface area contributed by atoms with Crippen molar-refractivity contribution in [3.05, 3.63) is 29.3 Å². The van der Waals surface area contributed by atoms with Gasteiger partial charge in [-0.2, -0.15) is 0 Å². The molecule has 0 saturated heterocycles. The van der Waals surface area contributed by atoms with Crippen molar-refractivity contribution in [1.29, 1.82) is 0 Å². The highest BCUT2D eigenvalue weighted by Gasteiger charge is 2.38. The van der Waals surface area contributed by atoms with Gasteiger partial charge in [0.2, 0.25) is 5.91 Å². The van der Waals surface area contributed by atoms with Crippen LogP contribution < -0.4 is 9.97 Å². The molecule has 0 radical (unpaired) electrons. The summed E-state index contributed by atoms with van der Waals surface area (Å²) < 4.78 is 5.40. The SMILES string of the molecule is CC1CCC(CC(=O)N[C@H]2Cc3cccc(C(=O)O)c3OB2O)CC1. The normalized spacial score (nSPS) is 25.7. The van der Waals surface area contributed by atoms with Crippen LogP contribution in [-0.2, 0) is 11.2 Å². The van der Waals surface area contributed by atoms with E-state index in [9.17, 15) is 19.7 Å². The summed E-state index contributed by atoms with van der Waals surface area (Å²) in [6.07, 6.45) is 5.30. The maximum atomic E-state index is 12.3. The number of fused-ring (bicyclic) bond motifs is 1. The number of carboxylic acids is 1. The predicted octanol–water partition coefficient (Wildman–Crippen LogP) is 2.04. The van der Waals surface area contributed by atoms with Crippen molar-refractivity contribution in [2.45, 2.75) is 51.4 Å². The van der Waals surface area contributed by atoms with E-state index < -0.39 is 19.0 Å².